The van der Waals surface area contributed by atoms with Crippen LogP contribution in [0.1, 0.15) is 6.42 Å². The molecule has 2 unspecified atom stereocenters. The molecule has 0 aliphatic rings. The van der Waals surface area contributed by atoms with E-state index in [1.807, 2.05) is 0 Å². The van der Waals surface area contributed by atoms with Gasteiger partial charge in [-0.3, -0.25) is 0 Å². The molecule has 0 amide bonds. The Labute approximate surface area is 53.9 Å². The zero-order valence-electron chi connectivity index (χ0n) is 4.96. The molecule has 0 aromatic rings. The smallest absolute Gasteiger partial charge is 0.330 e. The van der Waals surface area contributed by atoms with E-state index in [1.54, 1.807) is 0 Å². The highest BCUT2D eigenvalue weighted by Crippen LogP contribution is 2.17. The van der Waals surface area contributed by atoms with Crippen LogP contribution in [0.2, 0.25) is 0 Å². The van der Waals surface area contributed by atoms with Crippen LogP contribution in [0, 0.1) is 0 Å². The summed E-state index contributed by atoms with van der Waals surface area (Å²) in [5, 5.41) is 0. The average molecular weight is 154 g/mol. The van der Waals surface area contributed by atoms with Gasteiger partial charge >= 0.3 is 8.03 Å². The lowest BCUT2D eigenvalue weighted by atomic mass is 10.3. The van der Waals surface area contributed by atoms with E-state index in [-0.39, 0.29) is 19.1 Å². The van der Waals surface area contributed by atoms with E-state index in [4.69, 9.17) is 10.6 Å². The normalized spacial score (nSPS) is 15.2. The fraction of sp³-hybridized carbons (Fsp3) is 1.00. The zero-order chi connectivity index (χ0) is 7.28. The third-order valence-electron chi connectivity index (χ3n) is 0.834. The molecule has 0 saturated carbocycles. The Bertz CT molecular complexity index is 101. The lowest BCUT2D eigenvalue weighted by Crippen LogP contribution is -2.11. The van der Waals surface area contributed by atoms with Crippen molar-refractivity contribution < 1.29 is 13.8 Å². The predicted octanol–water partition coefficient (Wildman–Crippen LogP) is 0.408. The Hall–Kier alpha value is -0.0500. The molecule has 0 bridgehead atoms. The molecule has 3 nitrogen and oxygen atoms in total. The number of hydrogen-bond donors (Lipinski definition) is 2. The van der Waals surface area contributed by atoms with Crippen LogP contribution in [0.25, 0.3) is 0 Å². The van der Waals surface area contributed by atoms with Crippen molar-refractivity contribution in [1.29, 1.82) is 0 Å². The molecule has 5 heteroatoms. The lowest BCUT2D eigenvalue weighted by Gasteiger charge is -1.94. The number of nitrogens with two attached hydrogens (primary N) is 1. The van der Waals surface area contributed by atoms with Gasteiger partial charge in [0.25, 0.3) is 0 Å². The van der Waals surface area contributed by atoms with Gasteiger partial charge in [-0.15, -0.1) is 0 Å². The van der Waals surface area contributed by atoms with Gasteiger partial charge in [-0.05, 0) is 17.5 Å². The maximum absolute atomic E-state index is 12.2. The fourth-order valence-electron chi connectivity index (χ4n) is 0.442. The second-order valence-corrected chi connectivity index (χ2v) is 2.78. The summed E-state index contributed by atoms with van der Waals surface area (Å²) in [6.07, 6.45) is -1.34. The quantitative estimate of drug-likeness (QED) is 0.576. The molecule has 0 radical (unpaired) electrons. The van der Waals surface area contributed by atoms with Crippen molar-refractivity contribution in [3.8, 4) is 0 Å². The van der Waals surface area contributed by atoms with Crippen LogP contribution in [0.15, 0.2) is 0 Å². The highest BCUT2D eigenvalue weighted by molar-refractivity contribution is 7.38. The SMILES string of the molecule is NCCC(F)C[P+](=O)O. The van der Waals surface area contributed by atoms with Crippen molar-refractivity contribution in [3.63, 3.8) is 0 Å². The Morgan fingerprint density at radius 2 is 2.33 bits per heavy atom. The third kappa shape index (κ3) is 5.83. The van der Waals surface area contributed by atoms with Crippen molar-refractivity contribution in [2.75, 3.05) is 12.7 Å². The second-order valence-electron chi connectivity index (χ2n) is 1.71. The van der Waals surface area contributed by atoms with Crippen molar-refractivity contribution in [2.45, 2.75) is 12.6 Å². The molecule has 0 aromatic heterocycles. The van der Waals surface area contributed by atoms with Crippen molar-refractivity contribution in [2.24, 2.45) is 5.73 Å². The minimum absolute atomic E-state index is 0.168. The summed E-state index contributed by atoms with van der Waals surface area (Å²) in [4.78, 5) is 8.18. The predicted molar refractivity (Wildman–Crippen MR) is 33.3 cm³/mol. The summed E-state index contributed by atoms with van der Waals surface area (Å²) in [5.74, 6) is 0. The van der Waals surface area contributed by atoms with Crippen LogP contribution in [-0.2, 0) is 4.57 Å². The van der Waals surface area contributed by atoms with Gasteiger partial charge in [-0.2, -0.15) is 4.89 Å². The van der Waals surface area contributed by atoms with E-state index in [0.717, 1.165) is 0 Å². The van der Waals surface area contributed by atoms with Crippen LogP contribution in [0.5, 0.6) is 0 Å². The summed E-state index contributed by atoms with van der Waals surface area (Å²) in [7, 11) is -2.33. The minimum Gasteiger partial charge on any atom is -0.330 e. The van der Waals surface area contributed by atoms with Crippen LogP contribution in [0.3, 0.4) is 0 Å². The number of alkyl halides is 1. The Morgan fingerprint density at radius 3 is 2.67 bits per heavy atom. The van der Waals surface area contributed by atoms with Crippen molar-refractivity contribution >= 4 is 8.03 Å². The molecule has 0 spiro atoms. The van der Waals surface area contributed by atoms with Crippen LogP contribution in [-0.4, -0.2) is 23.8 Å². The van der Waals surface area contributed by atoms with Gasteiger partial charge in [0.05, 0.1) is 0 Å². The number of hydrogen-bond acceptors (Lipinski definition) is 2. The Balaban J connectivity index is 3.26. The van der Waals surface area contributed by atoms with Crippen LogP contribution >= 0.6 is 8.03 Å². The molecular weight excluding hydrogens is 144 g/mol. The van der Waals surface area contributed by atoms with E-state index < -0.39 is 14.2 Å². The van der Waals surface area contributed by atoms with Gasteiger partial charge in [0.15, 0.2) is 0 Å². The molecule has 0 aliphatic heterocycles. The molecule has 0 heterocycles. The molecule has 3 N–H and O–H groups in total. The first-order chi connectivity index (χ1) is 4.16. The molecule has 9 heavy (non-hydrogen) atoms. The Kier molecular flexibility index (Phi) is 4.77. The van der Waals surface area contributed by atoms with E-state index in [2.05, 4.69) is 0 Å². The average Bonchev–Trinajstić information content (AvgIpc) is 1.63. The zero-order valence-corrected chi connectivity index (χ0v) is 5.85. The van der Waals surface area contributed by atoms with E-state index in [1.165, 1.54) is 0 Å². The highest BCUT2D eigenvalue weighted by atomic mass is 31.1. The van der Waals surface area contributed by atoms with Gasteiger partial charge in [0.1, 0.15) is 6.17 Å². The third-order valence-corrected chi connectivity index (χ3v) is 1.54. The van der Waals surface area contributed by atoms with Crippen LogP contribution < -0.4 is 5.73 Å². The van der Waals surface area contributed by atoms with Crippen molar-refractivity contribution in [1.82, 2.24) is 0 Å². The summed E-state index contributed by atoms with van der Waals surface area (Å²) >= 11 is 0. The standard InChI is InChI=1S/C4H9FNO2P/c5-4(1-2-6)3-9(7)8/h4H,1-3,6H2/p+1. The monoisotopic (exact) mass is 154 g/mol. The first kappa shape index (κ1) is 8.95. The molecule has 0 saturated heterocycles. The lowest BCUT2D eigenvalue weighted by molar-refractivity contribution is 0.341. The molecule has 0 aliphatic carbocycles. The van der Waals surface area contributed by atoms with Crippen molar-refractivity contribution in [3.05, 3.63) is 0 Å². The minimum atomic E-state index is -2.33. The van der Waals surface area contributed by atoms with E-state index >= 15 is 0 Å². The highest BCUT2D eigenvalue weighted by Gasteiger charge is 2.19. The fourth-order valence-corrected chi connectivity index (χ4v) is 0.963. The van der Waals surface area contributed by atoms with E-state index in [0.29, 0.717) is 0 Å². The first-order valence-corrected chi connectivity index (χ1v) is 4.04. The van der Waals surface area contributed by atoms with Gasteiger partial charge in [0.2, 0.25) is 6.16 Å². The molecule has 0 fully saturated rings. The summed E-state index contributed by atoms with van der Waals surface area (Å²) in [6, 6.07) is 0. The summed E-state index contributed by atoms with van der Waals surface area (Å²) in [6.45, 7) is 0.227. The van der Waals surface area contributed by atoms with E-state index in [9.17, 15) is 8.96 Å². The molecule has 0 rings (SSSR count). The summed E-state index contributed by atoms with van der Waals surface area (Å²) < 4.78 is 22.2. The maximum Gasteiger partial charge on any atom is 0.508 e. The topological polar surface area (TPSA) is 63.3 Å². The number of halogens is 1. The molecule has 54 valence electrons. The molecule has 2 atom stereocenters. The van der Waals surface area contributed by atoms with Gasteiger partial charge < -0.3 is 5.73 Å². The Morgan fingerprint density at radius 1 is 1.78 bits per heavy atom. The first-order valence-electron chi connectivity index (χ1n) is 2.64. The largest absolute Gasteiger partial charge is 0.508 e. The van der Waals surface area contributed by atoms with Crippen LogP contribution in [0.4, 0.5) is 4.39 Å². The number of rotatable bonds is 4. The molecule has 0 aromatic carbocycles. The van der Waals surface area contributed by atoms with Gasteiger partial charge in [-0.25, -0.2) is 4.39 Å². The maximum atomic E-state index is 12.2. The van der Waals surface area contributed by atoms with Gasteiger partial charge in [-0.1, -0.05) is 0 Å². The summed E-state index contributed by atoms with van der Waals surface area (Å²) in [5.41, 5.74) is 4.99. The molecular formula is C4H10FNO2P+. The second kappa shape index (κ2) is 4.79. The van der Waals surface area contributed by atoms with Gasteiger partial charge in [0, 0.05) is 0 Å².